The van der Waals surface area contributed by atoms with Crippen molar-refractivity contribution in [3.8, 4) is 0 Å². The molecule has 1 amide bonds. The summed E-state index contributed by atoms with van der Waals surface area (Å²) in [6.45, 7) is 8.91. The Hall–Kier alpha value is -1.74. The number of aromatic nitrogens is 1. The van der Waals surface area contributed by atoms with E-state index in [2.05, 4.69) is 10.1 Å². The topological polar surface area (TPSA) is 68.0 Å². The monoisotopic (exact) mass is 405 g/mol. The lowest BCUT2D eigenvalue weighted by molar-refractivity contribution is -0.0933. The van der Waals surface area contributed by atoms with Gasteiger partial charge in [-0.15, -0.1) is 11.3 Å². The molecule has 2 aliphatic rings. The number of fused-ring (bicyclic) bond motifs is 1. The van der Waals surface area contributed by atoms with Crippen molar-refractivity contribution in [2.45, 2.75) is 39.5 Å². The van der Waals surface area contributed by atoms with Crippen molar-refractivity contribution in [2.24, 2.45) is 0 Å². The lowest BCUT2D eigenvalue weighted by atomic mass is 10.0. The summed E-state index contributed by atoms with van der Waals surface area (Å²) < 4.78 is 16.4. The summed E-state index contributed by atoms with van der Waals surface area (Å²) >= 11 is 1.68. The van der Waals surface area contributed by atoms with E-state index in [0.717, 1.165) is 43.1 Å². The molecule has 0 saturated carbocycles. The number of ether oxygens (including phenoxy) is 2. The highest BCUT2D eigenvalue weighted by Crippen LogP contribution is 2.31. The predicted octanol–water partition coefficient (Wildman–Crippen LogP) is 2.40. The van der Waals surface area contributed by atoms with Crippen LogP contribution >= 0.6 is 11.3 Å². The van der Waals surface area contributed by atoms with Crippen molar-refractivity contribution in [3.63, 3.8) is 0 Å². The zero-order valence-corrected chi connectivity index (χ0v) is 17.5. The van der Waals surface area contributed by atoms with Crippen molar-refractivity contribution in [1.82, 2.24) is 15.0 Å². The zero-order valence-electron chi connectivity index (χ0n) is 16.7. The van der Waals surface area contributed by atoms with Crippen LogP contribution < -0.4 is 0 Å². The third-order valence-corrected chi connectivity index (χ3v) is 6.54. The number of thiophene rings is 1. The molecule has 0 aromatic carbocycles. The second-order valence-corrected chi connectivity index (χ2v) is 8.53. The second kappa shape index (κ2) is 8.32. The Morgan fingerprint density at radius 3 is 2.96 bits per heavy atom. The lowest BCUT2D eigenvalue weighted by Crippen LogP contribution is -2.41. The van der Waals surface area contributed by atoms with Gasteiger partial charge in [-0.2, -0.15) is 0 Å². The first-order valence-electron chi connectivity index (χ1n) is 9.71. The van der Waals surface area contributed by atoms with Crippen molar-refractivity contribution < 1.29 is 18.8 Å². The Bertz CT molecular complexity index is 821. The molecule has 1 saturated heterocycles. The van der Waals surface area contributed by atoms with Crippen LogP contribution in [-0.2, 0) is 29.0 Å². The van der Waals surface area contributed by atoms with Gasteiger partial charge in [0, 0.05) is 49.0 Å². The van der Waals surface area contributed by atoms with E-state index in [1.165, 1.54) is 16.0 Å². The maximum Gasteiger partial charge on any atom is 0.254 e. The van der Waals surface area contributed by atoms with E-state index >= 15 is 0 Å². The number of aryl methyl sites for hydroxylation is 2. The van der Waals surface area contributed by atoms with E-state index in [1.54, 1.807) is 16.2 Å². The van der Waals surface area contributed by atoms with Gasteiger partial charge in [-0.05, 0) is 25.8 Å². The van der Waals surface area contributed by atoms with Gasteiger partial charge >= 0.3 is 0 Å². The normalized spacial score (nSPS) is 20.2. The van der Waals surface area contributed by atoms with Crippen molar-refractivity contribution in [1.29, 1.82) is 0 Å². The molecule has 8 heteroatoms. The first-order chi connectivity index (χ1) is 13.5. The summed E-state index contributed by atoms with van der Waals surface area (Å²) in [5.74, 6) is 0.965. The molecule has 28 heavy (non-hydrogen) atoms. The van der Waals surface area contributed by atoms with Gasteiger partial charge in [0.25, 0.3) is 5.91 Å². The molecule has 2 aliphatic heterocycles. The first-order valence-corrected chi connectivity index (χ1v) is 10.6. The molecular weight excluding hydrogens is 378 g/mol. The van der Waals surface area contributed by atoms with Gasteiger partial charge in [0.1, 0.15) is 5.76 Å². The molecule has 2 aromatic heterocycles. The number of hydrogen-bond donors (Lipinski definition) is 0. The maximum atomic E-state index is 13.0. The second-order valence-electron chi connectivity index (χ2n) is 7.57. The fourth-order valence-electron chi connectivity index (χ4n) is 3.88. The number of carbonyl (C=O) groups is 1. The Morgan fingerprint density at radius 1 is 1.39 bits per heavy atom. The summed E-state index contributed by atoms with van der Waals surface area (Å²) in [7, 11) is 1.84. The highest BCUT2D eigenvalue weighted by molar-refractivity contribution is 7.10. The number of carbonyl (C=O) groups excluding carboxylic acids is 1. The van der Waals surface area contributed by atoms with Crippen molar-refractivity contribution in [2.75, 3.05) is 40.0 Å². The zero-order chi connectivity index (χ0) is 19.7. The van der Waals surface area contributed by atoms with Crippen molar-refractivity contribution >= 4 is 17.2 Å². The van der Waals surface area contributed by atoms with Gasteiger partial charge in [-0.1, -0.05) is 5.16 Å². The van der Waals surface area contributed by atoms with E-state index in [1.807, 2.05) is 26.3 Å². The van der Waals surface area contributed by atoms with Crippen LogP contribution in [0.4, 0.5) is 0 Å². The van der Waals surface area contributed by atoms with Crippen LogP contribution in [0, 0.1) is 13.8 Å². The SMILES string of the molecule is Cc1noc(C)c1CN1CCc2c(C(=O)N(C)C[C@@H]3COCCO3)csc2C1. The van der Waals surface area contributed by atoms with Crippen molar-refractivity contribution in [3.05, 3.63) is 38.4 Å². The standard InChI is InChI=1S/C20H27N3O4S/c1-13-17(14(2)27-21-13)9-23-5-4-16-18(12-28-19(16)10-23)20(24)22(3)8-15-11-25-6-7-26-15/h12,15H,4-11H2,1-3H3/t15-/m1/s1. The fourth-order valence-corrected chi connectivity index (χ4v) is 5.00. The average molecular weight is 406 g/mol. The van der Waals surface area contributed by atoms with Crippen LogP contribution in [0.3, 0.4) is 0 Å². The molecular formula is C20H27N3O4S. The third-order valence-electron chi connectivity index (χ3n) is 5.53. The summed E-state index contributed by atoms with van der Waals surface area (Å²) in [5, 5.41) is 6.07. The van der Waals surface area contributed by atoms with E-state index in [9.17, 15) is 4.79 Å². The summed E-state index contributed by atoms with van der Waals surface area (Å²) in [4.78, 5) is 18.4. The molecule has 2 aromatic rings. The highest BCUT2D eigenvalue weighted by Gasteiger charge is 2.27. The molecule has 152 valence electrons. The van der Waals surface area contributed by atoms with Crippen LogP contribution in [0.15, 0.2) is 9.90 Å². The molecule has 1 atom stereocenters. The van der Waals surface area contributed by atoms with Gasteiger partial charge in [0.2, 0.25) is 0 Å². The average Bonchev–Trinajstić information content (AvgIpc) is 3.26. The Kier molecular flexibility index (Phi) is 5.82. The quantitative estimate of drug-likeness (QED) is 0.761. The van der Waals surface area contributed by atoms with Gasteiger partial charge in [-0.3, -0.25) is 9.69 Å². The van der Waals surface area contributed by atoms with Gasteiger partial charge in [0.05, 0.1) is 37.2 Å². The van der Waals surface area contributed by atoms with E-state index in [-0.39, 0.29) is 12.0 Å². The predicted molar refractivity (Wildman–Crippen MR) is 106 cm³/mol. The molecule has 0 N–H and O–H groups in total. The van der Waals surface area contributed by atoms with Gasteiger partial charge in [0.15, 0.2) is 0 Å². The Balaban J connectivity index is 1.41. The van der Waals surface area contributed by atoms with Gasteiger partial charge in [-0.25, -0.2) is 0 Å². The number of amides is 1. The van der Waals surface area contributed by atoms with E-state index in [0.29, 0.717) is 26.4 Å². The fraction of sp³-hybridized carbons (Fsp3) is 0.600. The minimum atomic E-state index is -0.0392. The van der Waals surface area contributed by atoms with Crippen LogP contribution in [0.5, 0.6) is 0 Å². The summed E-state index contributed by atoms with van der Waals surface area (Å²) in [5.41, 5.74) is 4.18. The molecule has 0 radical (unpaired) electrons. The molecule has 0 bridgehead atoms. The van der Waals surface area contributed by atoms with E-state index < -0.39 is 0 Å². The van der Waals surface area contributed by atoms with E-state index in [4.69, 9.17) is 14.0 Å². The molecule has 0 spiro atoms. The van der Waals surface area contributed by atoms with Crippen LogP contribution in [0.1, 0.15) is 37.8 Å². The third kappa shape index (κ3) is 4.00. The first kappa shape index (κ1) is 19.6. The molecule has 0 unspecified atom stereocenters. The number of nitrogens with zero attached hydrogens (tertiary/aromatic N) is 3. The van der Waals surface area contributed by atoms with Gasteiger partial charge < -0.3 is 18.9 Å². The Labute approximate surface area is 169 Å². The summed E-state index contributed by atoms with van der Waals surface area (Å²) in [6, 6.07) is 0. The summed E-state index contributed by atoms with van der Waals surface area (Å²) in [6.07, 6.45) is 0.850. The minimum absolute atomic E-state index is 0.0392. The molecule has 4 rings (SSSR count). The number of hydrogen-bond acceptors (Lipinski definition) is 7. The smallest absolute Gasteiger partial charge is 0.254 e. The number of rotatable bonds is 5. The maximum absolute atomic E-state index is 13.0. The van der Waals surface area contributed by atoms with Crippen LogP contribution in [0.2, 0.25) is 0 Å². The number of likely N-dealkylation sites (N-methyl/N-ethyl adjacent to an activating group) is 1. The lowest BCUT2D eigenvalue weighted by Gasteiger charge is -2.29. The minimum Gasteiger partial charge on any atom is -0.376 e. The molecule has 0 aliphatic carbocycles. The largest absolute Gasteiger partial charge is 0.376 e. The highest BCUT2D eigenvalue weighted by atomic mass is 32.1. The molecule has 4 heterocycles. The van der Waals surface area contributed by atoms with Crippen LogP contribution in [0.25, 0.3) is 0 Å². The molecule has 7 nitrogen and oxygen atoms in total. The van der Waals surface area contributed by atoms with Crippen LogP contribution in [-0.4, -0.2) is 66.9 Å². The Morgan fingerprint density at radius 2 is 2.25 bits per heavy atom. The molecule has 1 fully saturated rings.